The van der Waals surface area contributed by atoms with E-state index >= 15 is 0 Å². The number of unbranched alkanes of at least 4 members (excludes halogenated alkanes) is 3. The van der Waals surface area contributed by atoms with E-state index in [0.717, 1.165) is 28.5 Å². The van der Waals surface area contributed by atoms with Crippen LogP contribution < -0.4 is 11.2 Å². The predicted molar refractivity (Wildman–Crippen MR) is 112 cm³/mol. The zero-order chi connectivity index (χ0) is 19.5. The maximum atomic E-state index is 12.0. The van der Waals surface area contributed by atoms with Gasteiger partial charge in [0, 0.05) is 30.0 Å². The molecule has 0 spiro atoms. The molecule has 0 aliphatic heterocycles. The van der Waals surface area contributed by atoms with Gasteiger partial charge in [0.25, 0.3) is 5.56 Å². The van der Waals surface area contributed by atoms with Gasteiger partial charge in [-0.25, -0.2) is 9.36 Å². The monoisotopic (exact) mass is 452 g/mol. The van der Waals surface area contributed by atoms with Crippen LogP contribution in [0.3, 0.4) is 0 Å². The van der Waals surface area contributed by atoms with Crippen LogP contribution in [0.1, 0.15) is 37.7 Å². The number of H-pyrrole nitrogens is 1. The number of rotatable bonds is 9. The Labute approximate surface area is 171 Å². The minimum absolute atomic E-state index is 0.0142. The molecule has 0 amide bonds. The summed E-state index contributed by atoms with van der Waals surface area (Å²) in [7, 11) is 0. The van der Waals surface area contributed by atoms with Crippen molar-refractivity contribution in [3.05, 3.63) is 61.9 Å². The predicted octanol–water partition coefficient (Wildman–Crippen LogP) is 3.89. The first-order valence-electron chi connectivity index (χ1n) is 8.86. The van der Waals surface area contributed by atoms with E-state index in [9.17, 15) is 9.59 Å². The minimum atomic E-state index is -0.581. The van der Waals surface area contributed by atoms with E-state index in [4.69, 9.17) is 16.3 Å². The number of aromatic amines is 1. The highest BCUT2D eigenvalue weighted by Gasteiger charge is 2.06. The molecular formula is C20H22BrClN2O3. The summed E-state index contributed by atoms with van der Waals surface area (Å²) in [6.07, 6.45) is 5.33. The Morgan fingerprint density at radius 2 is 1.93 bits per heavy atom. The van der Waals surface area contributed by atoms with Crippen LogP contribution in [0, 0.1) is 11.8 Å². The molecular weight excluding hydrogens is 432 g/mol. The van der Waals surface area contributed by atoms with E-state index in [2.05, 4.69) is 32.8 Å². The standard InChI is InChI=1S/C20H22BrClN2O3/c21-11-4-1-2-5-12-27-13-6-3-8-16-9-7-10-17(14-16)24-19(25)15-18(22)23-20(24)26/h7,9-10,14-15H,1-2,4-6,11-13H2,(H,23,26). The smallest absolute Gasteiger partial charge is 0.334 e. The third kappa shape index (κ3) is 7.37. The summed E-state index contributed by atoms with van der Waals surface area (Å²) in [5.74, 6) is 6.09. The van der Waals surface area contributed by atoms with Gasteiger partial charge in [0.15, 0.2) is 0 Å². The van der Waals surface area contributed by atoms with Crippen molar-refractivity contribution in [1.82, 2.24) is 9.55 Å². The second-order valence-electron chi connectivity index (χ2n) is 5.91. The lowest BCUT2D eigenvalue weighted by atomic mass is 10.2. The molecule has 2 aromatic rings. The van der Waals surface area contributed by atoms with E-state index in [0.29, 0.717) is 18.7 Å². The molecule has 0 saturated heterocycles. The van der Waals surface area contributed by atoms with Crippen LogP contribution in [0.4, 0.5) is 0 Å². The largest absolute Gasteiger partial charge is 0.380 e. The Morgan fingerprint density at radius 3 is 2.70 bits per heavy atom. The number of hydrogen-bond acceptors (Lipinski definition) is 3. The van der Waals surface area contributed by atoms with Crippen LogP contribution in [-0.2, 0) is 4.74 Å². The molecule has 144 valence electrons. The third-order valence-electron chi connectivity index (χ3n) is 3.78. The van der Waals surface area contributed by atoms with Crippen LogP contribution in [-0.4, -0.2) is 28.1 Å². The van der Waals surface area contributed by atoms with Crippen molar-refractivity contribution in [2.45, 2.75) is 32.1 Å². The number of halogens is 2. The van der Waals surface area contributed by atoms with Crippen LogP contribution in [0.5, 0.6) is 0 Å². The van der Waals surface area contributed by atoms with E-state index in [-0.39, 0.29) is 5.15 Å². The highest BCUT2D eigenvalue weighted by molar-refractivity contribution is 9.09. The van der Waals surface area contributed by atoms with Gasteiger partial charge in [-0.2, -0.15) is 0 Å². The second kappa shape index (κ2) is 11.8. The molecule has 1 heterocycles. The molecule has 0 fully saturated rings. The molecule has 1 aromatic carbocycles. The highest BCUT2D eigenvalue weighted by atomic mass is 79.9. The molecule has 0 unspecified atom stereocenters. The lowest BCUT2D eigenvalue weighted by Crippen LogP contribution is -2.32. The van der Waals surface area contributed by atoms with E-state index in [1.165, 1.54) is 25.3 Å². The first-order valence-corrected chi connectivity index (χ1v) is 10.4. The lowest BCUT2D eigenvalue weighted by molar-refractivity contribution is 0.135. The van der Waals surface area contributed by atoms with Crippen LogP contribution in [0.15, 0.2) is 39.9 Å². The number of ether oxygens (including phenoxy) is 1. The van der Waals surface area contributed by atoms with Gasteiger partial charge in [-0.05, 0) is 31.0 Å². The maximum Gasteiger partial charge on any atom is 0.334 e. The average molecular weight is 454 g/mol. The molecule has 0 radical (unpaired) electrons. The number of aromatic nitrogens is 2. The van der Waals surface area contributed by atoms with Crippen molar-refractivity contribution in [2.75, 3.05) is 18.5 Å². The van der Waals surface area contributed by atoms with Gasteiger partial charge in [0.2, 0.25) is 0 Å². The maximum absolute atomic E-state index is 12.0. The minimum Gasteiger partial charge on any atom is -0.380 e. The molecule has 1 N–H and O–H groups in total. The molecule has 0 bridgehead atoms. The molecule has 0 aliphatic carbocycles. The van der Waals surface area contributed by atoms with Crippen LogP contribution in [0.2, 0.25) is 5.15 Å². The Bertz CT molecular complexity index is 880. The fourth-order valence-electron chi connectivity index (χ4n) is 2.48. The summed E-state index contributed by atoms with van der Waals surface area (Å²) in [4.78, 5) is 26.4. The molecule has 7 heteroatoms. The van der Waals surface area contributed by atoms with Crippen LogP contribution in [0.25, 0.3) is 5.69 Å². The highest BCUT2D eigenvalue weighted by Crippen LogP contribution is 2.07. The van der Waals surface area contributed by atoms with E-state index < -0.39 is 11.2 Å². The van der Waals surface area contributed by atoms with E-state index in [1.54, 1.807) is 18.2 Å². The summed E-state index contributed by atoms with van der Waals surface area (Å²) in [5, 5.41) is 1.08. The summed E-state index contributed by atoms with van der Waals surface area (Å²) < 4.78 is 6.59. The Kier molecular flexibility index (Phi) is 9.40. The number of benzene rings is 1. The fourth-order valence-corrected chi connectivity index (χ4v) is 3.05. The molecule has 0 atom stereocenters. The topological polar surface area (TPSA) is 64.1 Å². The zero-order valence-corrected chi connectivity index (χ0v) is 17.3. The molecule has 1 aromatic heterocycles. The summed E-state index contributed by atoms with van der Waals surface area (Å²) >= 11 is 9.11. The second-order valence-corrected chi connectivity index (χ2v) is 7.11. The Morgan fingerprint density at radius 1 is 1.11 bits per heavy atom. The molecule has 5 nitrogen and oxygen atoms in total. The fraction of sp³-hybridized carbons (Fsp3) is 0.400. The number of nitrogens with one attached hydrogen (secondary N) is 1. The molecule has 27 heavy (non-hydrogen) atoms. The lowest BCUT2D eigenvalue weighted by Gasteiger charge is -2.04. The Hall–Kier alpha value is -1.81. The van der Waals surface area contributed by atoms with Crippen molar-refractivity contribution >= 4 is 27.5 Å². The van der Waals surface area contributed by atoms with Crippen molar-refractivity contribution in [3.8, 4) is 17.5 Å². The van der Waals surface area contributed by atoms with Gasteiger partial charge in [-0.3, -0.25) is 9.78 Å². The average Bonchev–Trinajstić information content (AvgIpc) is 2.63. The third-order valence-corrected chi connectivity index (χ3v) is 4.55. The van der Waals surface area contributed by atoms with Gasteiger partial charge < -0.3 is 4.74 Å². The van der Waals surface area contributed by atoms with Gasteiger partial charge in [-0.15, -0.1) is 0 Å². The van der Waals surface area contributed by atoms with Gasteiger partial charge in [-0.1, -0.05) is 58.3 Å². The SMILES string of the molecule is O=c1cc(Cl)[nH]c(=O)n1-c1cccc(C#CCCOCCCCCCBr)c1. The summed E-state index contributed by atoms with van der Waals surface area (Å²) in [5.41, 5.74) is 0.105. The van der Waals surface area contributed by atoms with Crippen molar-refractivity contribution < 1.29 is 4.74 Å². The van der Waals surface area contributed by atoms with Crippen LogP contribution >= 0.6 is 27.5 Å². The summed E-state index contributed by atoms with van der Waals surface area (Å²) in [6.45, 7) is 1.36. The molecule has 2 rings (SSSR count). The van der Waals surface area contributed by atoms with Crippen molar-refractivity contribution in [2.24, 2.45) is 0 Å². The van der Waals surface area contributed by atoms with E-state index in [1.807, 2.05) is 6.07 Å². The summed E-state index contributed by atoms with van der Waals surface area (Å²) in [6, 6.07) is 8.12. The number of alkyl halides is 1. The first-order chi connectivity index (χ1) is 13.1. The quantitative estimate of drug-likeness (QED) is 0.271. The first kappa shape index (κ1) is 21.5. The van der Waals surface area contributed by atoms with Gasteiger partial charge in [0.1, 0.15) is 5.15 Å². The zero-order valence-electron chi connectivity index (χ0n) is 15.0. The van der Waals surface area contributed by atoms with Crippen molar-refractivity contribution in [1.29, 1.82) is 0 Å². The van der Waals surface area contributed by atoms with Gasteiger partial charge in [0.05, 0.1) is 12.3 Å². The normalized spacial score (nSPS) is 10.4. The molecule has 0 aliphatic rings. The van der Waals surface area contributed by atoms with Crippen molar-refractivity contribution in [3.63, 3.8) is 0 Å². The number of hydrogen-bond donors (Lipinski definition) is 1. The number of nitrogens with zero attached hydrogens (tertiary/aromatic N) is 1. The van der Waals surface area contributed by atoms with Gasteiger partial charge >= 0.3 is 5.69 Å². The Balaban J connectivity index is 1.88. The molecule has 0 saturated carbocycles.